The van der Waals surface area contributed by atoms with Gasteiger partial charge in [0.05, 0.1) is 0 Å². The molecule has 1 unspecified atom stereocenters. The Morgan fingerprint density at radius 3 is 3.00 bits per heavy atom. The first kappa shape index (κ1) is 14.8. The van der Waals surface area contributed by atoms with E-state index in [0.717, 1.165) is 6.42 Å². The van der Waals surface area contributed by atoms with Crippen molar-refractivity contribution in [3.63, 3.8) is 0 Å². The van der Waals surface area contributed by atoms with Gasteiger partial charge in [-0.2, -0.15) is 8.78 Å². The molecule has 1 amide bonds. The second-order valence-electron chi connectivity index (χ2n) is 5.37. The highest BCUT2D eigenvalue weighted by Gasteiger charge is 2.27. The molecular formula is C15H16F2N2O3. The van der Waals surface area contributed by atoms with Crippen molar-refractivity contribution < 1.29 is 23.4 Å². The minimum absolute atomic E-state index is 0.0393. The highest BCUT2D eigenvalue weighted by atomic mass is 19.3. The molecule has 1 aliphatic rings. The summed E-state index contributed by atoms with van der Waals surface area (Å²) >= 11 is 0. The van der Waals surface area contributed by atoms with Gasteiger partial charge < -0.3 is 19.7 Å². The molecule has 1 aromatic heterocycles. The van der Waals surface area contributed by atoms with Crippen LogP contribution in [0.3, 0.4) is 0 Å². The Balaban J connectivity index is 1.87. The fourth-order valence-electron chi connectivity index (χ4n) is 2.78. The highest BCUT2D eigenvalue weighted by Crippen LogP contribution is 2.28. The Kier molecular flexibility index (Phi) is 3.98. The van der Waals surface area contributed by atoms with Crippen LogP contribution in [0.25, 0.3) is 10.9 Å². The summed E-state index contributed by atoms with van der Waals surface area (Å²) in [7, 11) is 0. The van der Waals surface area contributed by atoms with Crippen molar-refractivity contribution in [1.82, 2.24) is 9.88 Å². The van der Waals surface area contributed by atoms with Gasteiger partial charge in [0.1, 0.15) is 11.4 Å². The van der Waals surface area contributed by atoms with Crippen LogP contribution in [0.15, 0.2) is 24.3 Å². The lowest BCUT2D eigenvalue weighted by Crippen LogP contribution is -2.29. The summed E-state index contributed by atoms with van der Waals surface area (Å²) in [5.41, 5.74) is 0.901. The molecule has 5 nitrogen and oxygen atoms in total. The van der Waals surface area contributed by atoms with Gasteiger partial charge in [-0.15, -0.1) is 0 Å². The number of hydrogen-bond acceptors (Lipinski definition) is 3. The average Bonchev–Trinajstić information content (AvgIpc) is 3.13. The number of ether oxygens (including phenoxy) is 1. The topological polar surface area (TPSA) is 65.6 Å². The Morgan fingerprint density at radius 1 is 1.50 bits per heavy atom. The van der Waals surface area contributed by atoms with Gasteiger partial charge in [0.2, 0.25) is 0 Å². The number of carbonyl (C=O) groups excluding carboxylic acids is 1. The third kappa shape index (κ3) is 2.76. The van der Waals surface area contributed by atoms with Crippen LogP contribution in [0.1, 0.15) is 16.9 Å². The van der Waals surface area contributed by atoms with Crippen molar-refractivity contribution in [3.05, 3.63) is 30.0 Å². The second-order valence-corrected chi connectivity index (χ2v) is 5.37. The minimum Gasteiger partial charge on any atom is -0.434 e. The maximum absolute atomic E-state index is 12.4. The van der Waals surface area contributed by atoms with Crippen LogP contribution in [0, 0.1) is 5.92 Å². The van der Waals surface area contributed by atoms with E-state index in [2.05, 4.69) is 9.72 Å². The smallest absolute Gasteiger partial charge is 0.387 e. The van der Waals surface area contributed by atoms with E-state index in [0.29, 0.717) is 29.7 Å². The van der Waals surface area contributed by atoms with Crippen molar-refractivity contribution in [2.45, 2.75) is 13.0 Å². The first-order valence-corrected chi connectivity index (χ1v) is 7.05. The summed E-state index contributed by atoms with van der Waals surface area (Å²) in [4.78, 5) is 17.0. The molecule has 0 aliphatic carbocycles. The normalized spacial score (nSPS) is 18.4. The average molecular weight is 310 g/mol. The van der Waals surface area contributed by atoms with E-state index in [-0.39, 0.29) is 24.2 Å². The number of hydrogen-bond donors (Lipinski definition) is 2. The van der Waals surface area contributed by atoms with Gasteiger partial charge >= 0.3 is 6.61 Å². The quantitative estimate of drug-likeness (QED) is 0.910. The fourth-order valence-corrected chi connectivity index (χ4v) is 2.78. The Morgan fingerprint density at radius 2 is 2.32 bits per heavy atom. The Labute approximate surface area is 125 Å². The second kappa shape index (κ2) is 5.92. The molecule has 22 heavy (non-hydrogen) atoms. The number of aliphatic hydroxyl groups excluding tert-OH is 1. The molecule has 0 bridgehead atoms. The van der Waals surface area contributed by atoms with E-state index in [9.17, 15) is 13.6 Å². The first-order valence-electron chi connectivity index (χ1n) is 7.05. The molecule has 0 saturated carbocycles. The van der Waals surface area contributed by atoms with E-state index >= 15 is 0 Å². The van der Waals surface area contributed by atoms with Crippen LogP contribution < -0.4 is 4.74 Å². The van der Waals surface area contributed by atoms with Crippen molar-refractivity contribution in [2.24, 2.45) is 5.92 Å². The number of halogens is 2. The number of likely N-dealkylation sites (tertiary alicyclic amines) is 1. The molecule has 2 aromatic rings. The molecule has 1 saturated heterocycles. The van der Waals surface area contributed by atoms with E-state index in [1.54, 1.807) is 17.0 Å². The summed E-state index contributed by atoms with van der Waals surface area (Å²) in [5.74, 6) is -0.0568. The maximum Gasteiger partial charge on any atom is 0.387 e. The third-order valence-corrected chi connectivity index (χ3v) is 3.90. The molecule has 1 atom stereocenters. The zero-order chi connectivity index (χ0) is 15.7. The molecule has 3 rings (SSSR count). The summed E-state index contributed by atoms with van der Waals surface area (Å²) in [6.07, 6.45) is 0.766. The van der Waals surface area contributed by atoms with Crippen molar-refractivity contribution in [2.75, 3.05) is 19.7 Å². The first-order chi connectivity index (χ1) is 10.6. The lowest BCUT2D eigenvalue weighted by Gasteiger charge is -2.14. The number of aliphatic hydroxyl groups is 1. The summed E-state index contributed by atoms with van der Waals surface area (Å²) in [6.45, 7) is -1.77. The monoisotopic (exact) mass is 310 g/mol. The molecular weight excluding hydrogens is 294 g/mol. The number of benzene rings is 1. The fraction of sp³-hybridized carbons (Fsp3) is 0.400. The van der Waals surface area contributed by atoms with Crippen LogP contribution in [-0.4, -0.2) is 47.2 Å². The zero-order valence-corrected chi connectivity index (χ0v) is 11.8. The maximum atomic E-state index is 12.4. The predicted molar refractivity (Wildman–Crippen MR) is 76.0 cm³/mol. The number of fused-ring (bicyclic) bond motifs is 1. The van der Waals surface area contributed by atoms with Gasteiger partial charge in [0.15, 0.2) is 0 Å². The number of nitrogens with zero attached hydrogens (tertiary/aromatic N) is 1. The molecule has 7 heteroatoms. The van der Waals surface area contributed by atoms with Gasteiger partial charge in [-0.25, -0.2) is 0 Å². The molecule has 0 radical (unpaired) electrons. The van der Waals surface area contributed by atoms with Crippen molar-refractivity contribution >= 4 is 16.8 Å². The molecule has 2 N–H and O–H groups in total. The Bertz CT molecular complexity index is 686. The van der Waals surface area contributed by atoms with Crippen LogP contribution in [0.2, 0.25) is 0 Å². The molecule has 0 spiro atoms. The van der Waals surface area contributed by atoms with Crippen LogP contribution in [0.5, 0.6) is 5.75 Å². The van der Waals surface area contributed by atoms with Crippen molar-refractivity contribution in [1.29, 1.82) is 0 Å². The lowest BCUT2D eigenvalue weighted by atomic mass is 10.1. The molecule has 1 fully saturated rings. The number of carbonyl (C=O) groups is 1. The van der Waals surface area contributed by atoms with Crippen molar-refractivity contribution in [3.8, 4) is 5.75 Å². The number of amides is 1. The van der Waals surface area contributed by atoms with Gasteiger partial charge in [-0.3, -0.25) is 4.79 Å². The largest absolute Gasteiger partial charge is 0.434 e. The number of aromatic nitrogens is 1. The number of nitrogens with one attached hydrogen (secondary N) is 1. The zero-order valence-electron chi connectivity index (χ0n) is 11.8. The van der Waals surface area contributed by atoms with Crippen LogP contribution >= 0.6 is 0 Å². The number of rotatable bonds is 4. The number of aromatic amines is 1. The Hall–Kier alpha value is -2.15. The third-order valence-electron chi connectivity index (χ3n) is 3.90. The van der Waals surface area contributed by atoms with Gasteiger partial charge in [-0.1, -0.05) is 6.07 Å². The van der Waals surface area contributed by atoms with E-state index in [1.165, 1.54) is 12.1 Å². The summed E-state index contributed by atoms with van der Waals surface area (Å²) in [5, 5.41) is 9.59. The SMILES string of the molecule is O=C(c1cc2c(OC(F)F)cccc2[nH]1)N1CCC(CO)C1. The van der Waals surface area contributed by atoms with E-state index < -0.39 is 6.61 Å². The van der Waals surface area contributed by atoms with E-state index in [4.69, 9.17) is 5.11 Å². The lowest BCUT2D eigenvalue weighted by molar-refractivity contribution is -0.0487. The predicted octanol–water partition coefficient (Wildman–Crippen LogP) is 2.22. The molecule has 118 valence electrons. The molecule has 1 aliphatic heterocycles. The van der Waals surface area contributed by atoms with E-state index in [1.807, 2.05) is 0 Å². The van der Waals surface area contributed by atoms with Gasteiger partial charge in [0, 0.05) is 36.5 Å². The van der Waals surface area contributed by atoms with Crippen LogP contribution in [-0.2, 0) is 0 Å². The molecule has 1 aromatic carbocycles. The molecule has 2 heterocycles. The summed E-state index contributed by atoms with van der Waals surface area (Å²) < 4.78 is 29.3. The minimum atomic E-state index is -2.91. The standard InChI is InChI=1S/C15H16F2N2O3/c16-15(17)22-13-3-1-2-11-10(13)6-12(18-11)14(21)19-5-4-9(7-19)8-20/h1-3,6,9,15,18,20H,4-5,7-8H2. The highest BCUT2D eigenvalue weighted by molar-refractivity contribution is 5.99. The van der Waals surface area contributed by atoms with Gasteiger partial charge in [0.25, 0.3) is 5.91 Å². The van der Waals surface area contributed by atoms with Crippen LogP contribution in [0.4, 0.5) is 8.78 Å². The van der Waals surface area contributed by atoms with Gasteiger partial charge in [-0.05, 0) is 24.6 Å². The number of H-pyrrole nitrogens is 1. The number of alkyl halides is 2. The summed E-state index contributed by atoms with van der Waals surface area (Å²) in [6, 6.07) is 6.25.